The molecule has 0 spiro atoms. The van der Waals surface area contributed by atoms with Crippen LogP contribution in [-0.2, 0) is 0 Å². The zero-order valence-corrected chi connectivity index (χ0v) is 17.3. The van der Waals surface area contributed by atoms with Crippen molar-refractivity contribution in [1.29, 1.82) is 0 Å². The fraction of sp³-hybridized carbons (Fsp3) is 0.0909. The second-order valence-electron chi connectivity index (χ2n) is 6.47. The van der Waals surface area contributed by atoms with Gasteiger partial charge in [-0.05, 0) is 54.6 Å². The van der Waals surface area contributed by atoms with Gasteiger partial charge in [0.05, 0.1) is 18.6 Å². The van der Waals surface area contributed by atoms with Crippen LogP contribution in [0, 0.1) is 0 Å². The normalized spacial score (nSPS) is 10.7. The summed E-state index contributed by atoms with van der Waals surface area (Å²) in [7, 11) is 1.60. The fourth-order valence-electron chi connectivity index (χ4n) is 2.90. The maximum atomic E-state index is 12.6. The Labute approximate surface area is 182 Å². The summed E-state index contributed by atoms with van der Waals surface area (Å²) in [6.45, 7) is 0. The zero-order valence-electron chi connectivity index (χ0n) is 16.5. The first kappa shape index (κ1) is 20.4. The van der Waals surface area contributed by atoms with Gasteiger partial charge in [-0.3, -0.25) is 14.3 Å². The van der Waals surface area contributed by atoms with E-state index in [4.69, 9.17) is 4.74 Å². The van der Waals surface area contributed by atoms with Gasteiger partial charge in [0, 0.05) is 11.8 Å². The predicted molar refractivity (Wildman–Crippen MR) is 116 cm³/mol. The van der Waals surface area contributed by atoms with Crippen molar-refractivity contribution in [1.82, 2.24) is 19.7 Å². The molecule has 0 unspecified atom stereocenters. The van der Waals surface area contributed by atoms with Gasteiger partial charge in [-0.15, -0.1) is 10.2 Å². The number of rotatable bonds is 7. The van der Waals surface area contributed by atoms with E-state index in [-0.39, 0.29) is 23.0 Å². The summed E-state index contributed by atoms with van der Waals surface area (Å²) in [5, 5.41) is 28.2. The van der Waals surface area contributed by atoms with Crippen molar-refractivity contribution in [2.45, 2.75) is 5.16 Å². The molecular formula is C22H18N4O4S. The van der Waals surface area contributed by atoms with Crippen molar-refractivity contribution in [3.05, 3.63) is 72.4 Å². The molecule has 0 fully saturated rings. The standard InChI is InChI=1S/C22H18N4O4S/c1-30-16-8-6-15(7-9-16)26-21(17-4-2-3-11-23-17)24-25-22(26)31-13-20(29)14-5-10-18(27)19(28)12-14/h2-12,27-28H,13H2,1H3. The number of aromatic nitrogens is 4. The summed E-state index contributed by atoms with van der Waals surface area (Å²) in [5.41, 5.74) is 1.74. The number of thioether (sulfide) groups is 1. The van der Waals surface area contributed by atoms with Crippen molar-refractivity contribution >= 4 is 17.5 Å². The summed E-state index contributed by atoms with van der Waals surface area (Å²) < 4.78 is 7.06. The van der Waals surface area contributed by atoms with Crippen LogP contribution >= 0.6 is 11.8 Å². The summed E-state index contributed by atoms with van der Waals surface area (Å²) in [6.07, 6.45) is 1.68. The van der Waals surface area contributed by atoms with Crippen LogP contribution < -0.4 is 4.74 Å². The van der Waals surface area contributed by atoms with Crippen LogP contribution in [-0.4, -0.2) is 48.6 Å². The van der Waals surface area contributed by atoms with Crippen LogP contribution in [0.25, 0.3) is 17.2 Å². The quantitative estimate of drug-likeness (QED) is 0.257. The van der Waals surface area contributed by atoms with Crippen LogP contribution in [0.1, 0.15) is 10.4 Å². The maximum absolute atomic E-state index is 12.6. The largest absolute Gasteiger partial charge is 0.504 e. The van der Waals surface area contributed by atoms with Gasteiger partial charge >= 0.3 is 0 Å². The van der Waals surface area contributed by atoms with Crippen molar-refractivity contribution in [3.8, 4) is 34.5 Å². The second-order valence-corrected chi connectivity index (χ2v) is 7.41. The Kier molecular flexibility index (Phi) is 5.85. The molecule has 0 radical (unpaired) electrons. The van der Waals surface area contributed by atoms with Gasteiger partial charge in [0.2, 0.25) is 0 Å². The zero-order chi connectivity index (χ0) is 21.8. The lowest BCUT2D eigenvalue weighted by Gasteiger charge is -2.10. The number of methoxy groups -OCH3 is 1. The average molecular weight is 434 g/mol. The molecule has 2 aromatic carbocycles. The van der Waals surface area contributed by atoms with Crippen molar-refractivity contribution < 1.29 is 19.7 Å². The molecule has 8 nitrogen and oxygen atoms in total. The predicted octanol–water partition coefficient (Wildman–Crippen LogP) is 3.72. The van der Waals surface area contributed by atoms with E-state index < -0.39 is 0 Å². The number of Topliss-reactive ketones (excluding diaryl/α,β-unsaturated/α-hetero) is 1. The first-order chi connectivity index (χ1) is 15.1. The van der Waals surface area contributed by atoms with E-state index in [2.05, 4.69) is 15.2 Å². The number of carbonyl (C=O) groups is 1. The lowest BCUT2D eigenvalue weighted by Crippen LogP contribution is -2.05. The number of phenolic OH excluding ortho intramolecular Hbond substituents is 2. The van der Waals surface area contributed by atoms with Crippen LogP contribution in [0.2, 0.25) is 0 Å². The minimum Gasteiger partial charge on any atom is -0.504 e. The van der Waals surface area contributed by atoms with Gasteiger partial charge in [0.1, 0.15) is 11.4 Å². The molecule has 0 aliphatic rings. The number of nitrogens with zero attached hydrogens (tertiary/aromatic N) is 4. The van der Waals surface area contributed by atoms with E-state index in [0.717, 1.165) is 5.69 Å². The Morgan fingerprint density at radius 3 is 2.52 bits per heavy atom. The molecule has 0 atom stereocenters. The third-order valence-corrected chi connectivity index (χ3v) is 5.42. The number of benzene rings is 2. The van der Waals surface area contributed by atoms with Gasteiger partial charge in [-0.1, -0.05) is 17.8 Å². The first-order valence-electron chi connectivity index (χ1n) is 9.26. The summed E-state index contributed by atoms with van der Waals surface area (Å²) in [4.78, 5) is 17.0. The number of hydrogen-bond acceptors (Lipinski definition) is 8. The molecule has 4 rings (SSSR count). The van der Waals surface area contributed by atoms with Crippen molar-refractivity contribution in [2.24, 2.45) is 0 Å². The topological polar surface area (TPSA) is 110 Å². The fourth-order valence-corrected chi connectivity index (χ4v) is 3.75. The number of ketones is 1. The molecule has 4 aromatic rings. The van der Waals surface area contributed by atoms with E-state index >= 15 is 0 Å². The Hall–Kier alpha value is -3.85. The maximum Gasteiger partial charge on any atom is 0.196 e. The van der Waals surface area contributed by atoms with Gasteiger partial charge < -0.3 is 14.9 Å². The molecule has 0 saturated heterocycles. The van der Waals surface area contributed by atoms with Crippen LogP contribution in [0.4, 0.5) is 0 Å². The molecule has 0 aliphatic carbocycles. The summed E-state index contributed by atoms with van der Waals surface area (Å²) in [6, 6.07) is 16.9. The molecule has 0 amide bonds. The number of hydrogen-bond donors (Lipinski definition) is 2. The van der Waals surface area contributed by atoms with Crippen LogP contribution in [0.15, 0.2) is 72.0 Å². The average Bonchev–Trinajstić information content (AvgIpc) is 3.24. The highest BCUT2D eigenvalue weighted by molar-refractivity contribution is 7.99. The smallest absolute Gasteiger partial charge is 0.196 e. The second kappa shape index (κ2) is 8.88. The third-order valence-electron chi connectivity index (χ3n) is 4.49. The minimum absolute atomic E-state index is 0.0702. The van der Waals surface area contributed by atoms with E-state index in [0.29, 0.717) is 28.0 Å². The van der Waals surface area contributed by atoms with Crippen LogP contribution in [0.3, 0.4) is 0 Å². The van der Waals surface area contributed by atoms with Gasteiger partial charge in [0.25, 0.3) is 0 Å². The van der Waals surface area contributed by atoms with E-state index in [1.54, 1.807) is 13.3 Å². The van der Waals surface area contributed by atoms with Crippen molar-refractivity contribution in [2.75, 3.05) is 12.9 Å². The number of ether oxygens (including phenoxy) is 1. The van der Waals surface area contributed by atoms with Gasteiger partial charge in [-0.2, -0.15) is 0 Å². The Balaban J connectivity index is 1.66. The Morgan fingerprint density at radius 2 is 1.84 bits per heavy atom. The molecule has 9 heteroatoms. The Morgan fingerprint density at radius 1 is 1.03 bits per heavy atom. The van der Waals surface area contributed by atoms with Crippen molar-refractivity contribution in [3.63, 3.8) is 0 Å². The highest BCUT2D eigenvalue weighted by Crippen LogP contribution is 2.29. The highest BCUT2D eigenvalue weighted by atomic mass is 32.2. The molecule has 2 heterocycles. The summed E-state index contributed by atoms with van der Waals surface area (Å²) >= 11 is 1.22. The number of aromatic hydroxyl groups is 2. The summed E-state index contributed by atoms with van der Waals surface area (Å²) in [5.74, 6) is 0.499. The van der Waals surface area contributed by atoms with Crippen LogP contribution in [0.5, 0.6) is 17.2 Å². The van der Waals surface area contributed by atoms with Gasteiger partial charge in [-0.25, -0.2) is 0 Å². The lowest BCUT2D eigenvalue weighted by molar-refractivity contribution is 0.102. The molecule has 156 valence electrons. The molecule has 2 aromatic heterocycles. The SMILES string of the molecule is COc1ccc(-n2c(SCC(=O)c3ccc(O)c(O)c3)nnc2-c2ccccn2)cc1. The van der Waals surface area contributed by atoms with E-state index in [9.17, 15) is 15.0 Å². The monoisotopic (exact) mass is 434 g/mol. The molecule has 31 heavy (non-hydrogen) atoms. The molecule has 0 bridgehead atoms. The molecule has 0 aliphatic heterocycles. The first-order valence-corrected chi connectivity index (χ1v) is 10.2. The molecule has 2 N–H and O–H groups in total. The van der Waals surface area contributed by atoms with E-state index in [1.165, 1.54) is 30.0 Å². The van der Waals surface area contributed by atoms with Gasteiger partial charge in [0.15, 0.2) is 28.3 Å². The van der Waals surface area contributed by atoms with E-state index in [1.807, 2.05) is 47.0 Å². The molecule has 0 saturated carbocycles. The number of phenols is 2. The minimum atomic E-state index is -0.338. The Bertz CT molecular complexity index is 1210. The molecular weight excluding hydrogens is 416 g/mol. The highest BCUT2D eigenvalue weighted by Gasteiger charge is 2.19. The number of carbonyl (C=O) groups excluding carboxylic acids is 1. The number of pyridine rings is 1. The lowest BCUT2D eigenvalue weighted by atomic mass is 10.1. The third kappa shape index (κ3) is 4.36.